The quantitative estimate of drug-likeness (QED) is 0.393. The van der Waals surface area contributed by atoms with Gasteiger partial charge in [0.2, 0.25) is 0 Å². The molecule has 0 rings (SSSR count). The van der Waals surface area contributed by atoms with Gasteiger partial charge in [0.05, 0.1) is 14.1 Å². The number of carbonyl (C=O) groups excluding carboxylic acids is 1. The zero-order valence-electron chi connectivity index (χ0n) is 5.07. The molecule has 0 spiro atoms. The maximum atomic E-state index is 10.0. The Morgan fingerprint density at radius 1 is 1.62 bits per heavy atom. The van der Waals surface area contributed by atoms with Gasteiger partial charge < -0.3 is 23.0 Å². The molecule has 50 valence electrons. The number of quaternary nitrogens is 1. The van der Waals surface area contributed by atoms with E-state index in [-0.39, 0.29) is 18.3 Å². The summed E-state index contributed by atoms with van der Waals surface area (Å²) in [4.78, 5) is 11.1. The molecule has 0 saturated carbocycles. The van der Waals surface area contributed by atoms with E-state index in [1.54, 1.807) is 0 Å². The second-order valence-corrected chi connectivity index (χ2v) is 1.85. The minimum atomic E-state index is -0.250. The zero-order chi connectivity index (χ0) is 5.86. The zero-order valence-corrected chi connectivity index (χ0v) is 5.83. The van der Waals surface area contributed by atoms with Crippen molar-refractivity contribution in [2.24, 2.45) is 5.73 Å². The first-order valence-corrected chi connectivity index (χ1v) is 2.20. The van der Waals surface area contributed by atoms with Gasteiger partial charge in [-0.25, -0.2) is 0 Å². The number of nitrogens with two attached hydrogens (primary N) is 1. The van der Waals surface area contributed by atoms with E-state index in [1.807, 2.05) is 14.1 Å². The summed E-state index contributed by atoms with van der Waals surface area (Å²) in [5.74, 6) is -0.250. The fourth-order valence-electron chi connectivity index (χ4n) is 0.348. The summed E-state index contributed by atoms with van der Waals surface area (Å²) in [6.45, 7) is 0.417. The molecule has 0 aliphatic heterocycles. The molecular weight excluding hydrogens is 128 g/mol. The topological polar surface area (TPSA) is 47.5 Å². The molecule has 0 heterocycles. The third-order valence-electron chi connectivity index (χ3n) is 0.528. The van der Waals surface area contributed by atoms with Gasteiger partial charge in [-0.05, 0) is 0 Å². The second kappa shape index (κ2) is 4.87. The molecule has 0 aliphatic rings. The van der Waals surface area contributed by atoms with Gasteiger partial charge in [0, 0.05) is 0 Å². The monoisotopic (exact) mass is 138 g/mol. The van der Waals surface area contributed by atoms with Gasteiger partial charge in [0.1, 0.15) is 0 Å². The third kappa shape index (κ3) is 9.21. The largest absolute Gasteiger partial charge is 1.00 e. The van der Waals surface area contributed by atoms with Gasteiger partial charge in [0.15, 0.2) is 6.54 Å². The maximum absolute atomic E-state index is 10.0. The standard InChI is InChI=1S/C4H10N2O.ClH/c1-6(2)3-4(5)7;/h3H2,1-2H3,(H2,5,7);1H. The van der Waals surface area contributed by atoms with Crippen molar-refractivity contribution in [3.8, 4) is 0 Å². The van der Waals surface area contributed by atoms with E-state index in [9.17, 15) is 4.79 Å². The fraction of sp³-hybridized carbons (Fsp3) is 0.750. The minimum Gasteiger partial charge on any atom is -1.00 e. The van der Waals surface area contributed by atoms with Crippen LogP contribution in [0, 0.1) is 0 Å². The first kappa shape index (κ1) is 10.7. The highest BCUT2D eigenvalue weighted by atomic mass is 35.5. The molecule has 8 heavy (non-hydrogen) atoms. The van der Waals surface area contributed by atoms with Crippen LogP contribution in [0.4, 0.5) is 0 Å². The van der Waals surface area contributed by atoms with E-state index in [0.29, 0.717) is 6.54 Å². The number of primary amides is 1. The summed E-state index contributed by atoms with van der Waals surface area (Å²) in [6.07, 6.45) is 0. The Morgan fingerprint density at radius 2 is 2.00 bits per heavy atom. The van der Waals surface area contributed by atoms with Crippen LogP contribution < -0.4 is 23.0 Å². The van der Waals surface area contributed by atoms with Crippen molar-refractivity contribution in [2.75, 3.05) is 20.6 Å². The normalized spacial score (nSPS) is 8.38. The van der Waals surface area contributed by atoms with Crippen molar-refractivity contribution in [1.82, 2.24) is 0 Å². The van der Waals surface area contributed by atoms with Crippen LogP contribution in [0.2, 0.25) is 0 Å². The van der Waals surface area contributed by atoms with Crippen LogP contribution in [-0.2, 0) is 4.79 Å². The number of likely N-dealkylation sites (N-methyl/N-ethyl adjacent to an activating group) is 1. The van der Waals surface area contributed by atoms with E-state index < -0.39 is 0 Å². The molecule has 0 bridgehead atoms. The lowest BCUT2D eigenvalue weighted by Crippen LogP contribution is -3.07. The molecule has 0 unspecified atom stereocenters. The molecule has 0 aromatic heterocycles. The van der Waals surface area contributed by atoms with E-state index in [1.165, 1.54) is 0 Å². The molecule has 1 amide bonds. The maximum Gasteiger partial charge on any atom is 0.272 e. The number of nitrogens with one attached hydrogen (secondary N) is 1. The summed E-state index contributed by atoms with van der Waals surface area (Å²) in [5.41, 5.74) is 4.83. The van der Waals surface area contributed by atoms with E-state index >= 15 is 0 Å². The Balaban J connectivity index is 0. The highest BCUT2D eigenvalue weighted by molar-refractivity contribution is 5.74. The van der Waals surface area contributed by atoms with Crippen molar-refractivity contribution in [3.05, 3.63) is 0 Å². The van der Waals surface area contributed by atoms with Crippen LogP contribution in [0.15, 0.2) is 0 Å². The summed E-state index contributed by atoms with van der Waals surface area (Å²) in [5, 5.41) is 0. The summed E-state index contributed by atoms with van der Waals surface area (Å²) in [7, 11) is 3.76. The molecule has 0 aromatic carbocycles. The van der Waals surface area contributed by atoms with Crippen molar-refractivity contribution < 1.29 is 22.1 Å². The summed E-state index contributed by atoms with van der Waals surface area (Å²) in [6, 6.07) is 0. The van der Waals surface area contributed by atoms with E-state index in [4.69, 9.17) is 5.73 Å². The van der Waals surface area contributed by atoms with Gasteiger partial charge >= 0.3 is 0 Å². The lowest BCUT2D eigenvalue weighted by Gasteiger charge is -2.00. The van der Waals surface area contributed by atoms with E-state index in [0.717, 1.165) is 4.90 Å². The molecule has 0 aromatic rings. The molecule has 0 radical (unpaired) electrons. The molecule has 0 atom stereocenters. The predicted molar refractivity (Wildman–Crippen MR) is 26.9 cm³/mol. The molecule has 3 N–H and O–H groups in total. The van der Waals surface area contributed by atoms with Crippen LogP contribution in [0.5, 0.6) is 0 Å². The highest BCUT2D eigenvalue weighted by Crippen LogP contribution is 1.38. The fourth-order valence-corrected chi connectivity index (χ4v) is 0.348. The molecule has 0 fully saturated rings. The van der Waals surface area contributed by atoms with Crippen molar-refractivity contribution in [3.63, 3.8) is 0 Å². The molecule has 0 aliphatic carbocycles. The summed E-state index contributed by atoms with van der Waals surface area (Å²) >= 11 is 0. The number of hydrogen-bond donors (Lipinski definition) is 2. The Morgan fingerprint density at radius 3 is 2.00 bits per heavy atom. The lowest BCUT2D eigenvalue weighted by molar-refractivity contribution is -0.849. The van der Waals surface area contributed by atoms with Crippen LogP contribution in [-0.4, -0.2) is 26.5 Å². The Labute approximate surface area is 55.2 Å². The first-order valence-electron chi connectivity index (χ1n) is 2.20. The number of rotatable bonds is 2. The van der Waals surface area contributed by atoms with Gasteiger partial charge in [-0.2, -0.15) is 0 Å². The molecular formula is C4H11ClN2O. The van der Waals surface area contributed by atoms with Crippen LogP contribution >= 0.6 is 0 Å². The number of halogens is 1. The third-order valence-corrected chi connectivity index (χ3v) is 0.528. The highest BCUT2D eigenvalue weighted by Gasteiger charge is 1.95. The van der Waals surface area contributed by atoms with Crippen LogP contribution in [0.3, 0.4) is 0 Å². The van der Waals surface area contributed by atoms with E-state index in [2.05, 4.69) is 0 Å². The SMILES string of the molecule is C[NH+](C)CC(N)=O.[Cl-]. The smallest absolute Gasteiger partial charge is 0.272 e. The predicted octanol–water partition coefficient (Wildman–Crippen LogP) is -5.38. The first-order chi connectivity index (χ1) is 3.13. The van der Waals surface area contributed by atoms with Gasteiger partial charge in [-0.1, -0.05) is 0 Å². The van der Waals surface area contributed by atoms with Gasteiger partial charge in [0.25, 0.3) is 5.91 Å². The number of amides is 1. The average Bonchev–Trinajstić information content (AvgIpc) is 1.27. The number of hydrogen-bond acceptors (Lipinski definition) is 1. The second-order valence-electron chi connectivity index (χ2n) is 1.85. The Hall–Kier alpha value is -0.280. The molecule has 0 saturated heterocycles. The average molecular weight is 139 g/mol. The Bertz CT molecular complexity index is 74.4. The summed E-state index contributed by atoms with van der Waals surface area (Å²) < 4.78 is 0. The van der Waals surface area contributed by atoms with Crippen LogP contribution in [0.25, 0.3) is 0 Å². The molecule has 3 nitrogen and oxygen atoms in total. The van der Waals surface area contributed by atoms with Crippen molar-refractivity contribution in [1.29, 1.82) is 0 Å². The Kier molecular flexibility index (Phi) is 6.48. The lowest BCUT2D eigenvalue weighted by atomic mass is 10.6. The van der Waals surface area contributed by atoms with Crippen molar-refractivity contribution >= 4 is 5.91 Å². The van der Waals surface area contributed by atoms with Crippen LogP contribution in [0.1, 0.15) is 0 Å². The molecule has 4 heteroatoms. The van der Waals surface area contributed by atoms with Crippen molar-refractivity contribution in [2.45, 2.75) is 0 Å². The number of carbonyl (C=O) groups is 1. The minimum absolute atomic E-state index is 0. The van der Waals surface area contributed by atoms with Gasteiger partial charge in [-0.15, -0.1) is 0 Å². The van der Waals surface area contributed by atoms with Gasteiger partial charge in [-0.3, -0.25) is 4.79 Å².